The van der Waals surface area contributed by atoms with E-state index in [0.717, 1.165) is 10.0 Å². The van der Waals surface area contributed by atoms with Crippen LogP contribution < -0.4 is 5.32 Å². The summed E-state index contributed by atoms with van der Waals surface area (Å²) in [6, 6.07) is 7.74. The highest BCUT2D eigenvalue weighted by Gasteiger charge is 2.05. The van der Waals surface area contributed by atoms with Gasteiger partial charge in [-0.25, -0.2) is 4.39 Å². The molecule has 0 heterocycles. The van der Waals surface area contributed by atoms with Gasteiger partial charge in [-0.3, -0.25) is 0 Å². The number of hydrogen-bond donors (Lipinski definition) is 1. The van der Waals surface area contributed by atoms with Gasteiger partial charge in [0.2, 0.25) is 0 Å². The number of rotatable bonds is 4. The Labute approximate surface area is 86.5 Å². The molecule has 0 spiro atoms. The van der Waals surface area contributed by atoms with E-state index in [9.17, 15) is 4.39 Å². The lowest BCUT2D eigenvalue weighted by Crippen LogP contribution is -2.21. The molecule has 0 aliphatic rings. The average molecular weight is 246 g/mol. The minimum atomic E-state index is -0.800. The van der Waals surface area contributed by atoms with Crippen LogP contribution in [0.3, 0.4) is 0 Å². The van der Waals surface area contributed by atoms with E-state index in [1.165, 1.54) is 0 Å². The third-order valence-electron chi connectivity index (χ3n) is 1.80. The van der Waals surface area contributed by atoms with Crippen molar-refractivity contribution in [3.8, 4) is 0 Å². The van der Waals surface area contributed by atoms with Gasteiger partial charge in [0.25, 0.3) is 0 Å². The molecule has 0 aromatic heterocycles. The minimum Gasteiger partial charge on any atom is -0.317 e. The van der Waals surface area contributed by atoms with Gasteiger partial charge in [0, 0.05) is 17.4 Å². The van der Waals surface area contributed by atoms with E-state index >= 15 is 0 Å². The number of nitrogens with one attached hydrogen (secondary N) is 1. The Morgan fingerprint density at radius 2 is 2.00 bits per heavy atom. The summed E-state index contributed by atoms with van der Waals surface area (Å²) in [6.07, 6.45) is -0.320. The van der Waals surface area contributed by atoms with Gasteiger partial charge in [-0.05, 0) is 24.7 Å². The summed E-state index contributed by atoms with van der Waals surface area (Å²) in [4.78, 5) is 0. The van der Waals surface area contributed by atoms with E-state index in [4.69, 9.17) is 0 Å². The molecule has 1 rings (SSSR count). The van der Waals surface area contributed by atoms with Crippen LogP contribution in [0.1, 0.15) is 5.56 Å². The van der Waals surface area contributed by atoms with E-state index in [1.54, 1.807) is 7.05 Å². The van der Waals surface area contributed by atoms with E-state index in [-0.39, 0.29) is 0 Å². The second-order valence-corrected chi connectivity index (χ2v) is 3.90. The summed E-state index contributed by atoms with van der Waals surface area (Å²) < 4.78 is 14.1. The highest BCUT2D eigenvalue weighted by molar-refractivity contribution is 9.10. The second kappa shape index (κ2) is 5.35. The molecule has 72 valence electrons. The molecule has 0 aliphatic carbocycles. The maximum atomic E-state index is 13.1. The van der Waals surface area contributed by atoms with Crippen molar-refractivity contribution in [1.29, 1.82) is 0 Å². The molecule has 0 fully saturated rings. The van der Waals surface area contributed by atoms with Crippen LogP contribution in [0.4, 0.5) is 4.39 Å². The quantitative estimate of drug-likeness (QED) is 0.860. The van der Waals surface area contributed by atoms with Crippen LogP contribution in [0.15, 0.2) is 28.7 Å². The monoisotopic (exact) mass is 245 g/mol. The zero-order valence-corrected chi connectivity index (χ0v) is 9.14. The Morgan fingerprint density at radius 1 is 1.38 bits per heavy atom. The lowest BCUT2D eigenvalue weighted by molar-refractivity contribution is 0.324. The van der Waals surface area contributed by atoms with Crippen molar-refractivity contribution in [2.45, 2.75) is 12.6 Å². The lowest BCUT2D eigenvalue weighted by Gasteiger charge is -2.06. The number of benzene rings is 1. The van der Waals surface area contributed by atoms with Gasteiger partial charge in [0.05, 0.1) is 0 Å². The smallest absolute Gasteiger partial charge is 0.116 e. The maximum Gasteiger partial charge on any atom is 0.116 e. The molecule has 1 N–H and O–H groups in total. The molecule has 0 unspecified atom stereocenters. The first-order valence-electron chi connectivity index (χ1n) is 4.25. The van der Waals surface area contributed by atoms with Gasteiger partial charge in [0.1, 0.15) is 6.17 Å². The fourth-order valence-corrected chi connectivity index (χ4v) is 1.43. The van der Waals surface area contributed by atoms with Crippen molar-refractivity contribution < 1.29 is 4.39 Å². The summed E-state index contributed by atoms with van der Waals surface area (Å²) in [6.45, 7) is 0.413. The van der Waals surface area contributed by atoms with Gasteiger partial charge in [-0.2, -0.15) is 0 Å². The number of hydrogen-bond acceptors (Lipinski definition) is 1. The van der Waals surface area contributed by atoms with Crippen LogP contribution >= 0.6 is 15.9 Å². The van der Waals surface area contributed by atoms with Crippen molar-refractivity contribution >= 4 is 15.9 Å². The molecule has 0 aliphatic heterocycles. The molecule has 0 radical (unpaired) electrons. The average Bonchev–Trinajstić information content (AvgIpc) is 2.09. The zero-order chi connectivity index (χ0) is 9.68. The van der Waals surface area contributed by atoms with Crippen molar-refractivity contribution in [2.75, 3.05) is 13.6 Å². The molecule has 1 aromatic carbocycles. The minimum absolute atomic E-state index is 0.413. The van der Waals surface area contributed by atoms with Crippen LogP contribution in [0, 0.1) is 0 Å². The van der Waals surface area contributed by atoms with Crippen molar-refractivity contribution in [3.63, 3.8) is 0 Å². The molecule has 3 heteroatoms. The van der Waals surface area contributed by atoms with Crippen LogP contribution in [-0.2, 0) is 6.42 Å². The summed E-state index contributed by atoms with van der Waals surface area (Å²) >= 11 is 3.34. The molecular formula is C10H13BrFN. The standard InChI is InChI=1S/C10H13BrFN/c1-13-7-10(12)6-8-2-4-9(11)5-3-8/h2-5,10,13H,6-7H2,1H3/t10-/m1/s1. The Bertz CT molecular complexity index is 248. The summed E-state index contributed by atoms with van der Waals surface area (Å²) in [5.41, 5.74) is 1.03. The first kappa shape index (κ1) is 10.7. The predicted molar refractivity (Wildman–Crippen MR) is 56.7 cm³/mol. The fourth-order valence-electron chi connectivity index (χ4n) is 1.17. The van der Waals surface area contributed by atoms with Crippen LogP contribution in [0.2, 0.25) is 0 Å². The highest BCUT2D eigenvalue weighted by atomic mass is 79.9. The number of halogens is 2. The molecule has 13 heavy (non-hydrogen) atoms. The zero-order valence-electron chi connectivity index (χ0n) is 7.56. The van der Waals surface area contributed by atoms with Gasteiger partial charge in [-0.1, -0.05) is 28.1 Å². The lowest BCUT2D eigenvalue weighted by atomic mass is 10.1. The van der Waals surface area contributed by atoms with E-state index in [2.05, 4.69) is 21.2 Å². The van der Waals surface area contributed by atoms with Crippen molar-refractivity contribution in [2.24, 2.45) is 0 Å². The first-order valence-corrected chi connectivity index (χ1v) is 5.05. The van der Waals surface area contributed by atoms with E-state index in [0.29, 0.717) is 13.0 Å². The third kappa shape index (κ3) is 3.87. The summed E-state index contributed by atoms with van der Waals surface area (Å²) in [5.74, 6) is 0. The second-order valence-electron chi connectivity index (χ2n) is 2.99. The SMILES string of the molecule is CNC[C@H](F)Cc1ccc(Br)cc1. The molecule has 0 amide bonds. The topological polar surface area (TPSA) is 12.0 Å². The van der Waals surface area contributed by atoms with Gasteiger partial charge in [0.15, 0.2) is 0 Å². The van der Waals surface area contributed by atoms with Gasteiger partial charge < -0.3 is 5.32 Å². The fraction of sp³-hybridized carbons (Fsp3) is 0.400. The van der Waals surface area contributed by atoms with Gasteiger partial charge >= 0.3 is 0 Å². The predicted octanol–water partition coefficient (Wildman–Crippen LogP) is 2.55. The van der Waals surface area contributed by atoms with Gasteiger partial charge in [-0.15, -0.1) is 0 Å². The van der Waals surface area contributed by atoms with E-state index < -0.39 is 6.17 Å². The number of alkyl halides is 1. The van der Waals surface area contributed by atoms with E-state index in [1.807, 2.05) is 24.3 Å². The van der Waals surface area contributed by atoms with Crippen molar-refractivity contribution in [1.82, 2.24) is 5.32 Å². The maximum absolute atomic E-state index is 13.1. The molecule has 0 saturated heterocycles. The Hall–Kier alpha value is -0.410. The molecule has 0 bridgehead atoms. The normalized spacial score (nSPS) is 12.8. The summed E-state index contributed by atoms with van der Waals surface area (Å²) in [5, 5.41) is 2.81. The molecule has 0 saturated carbocycles. The Morgan fingerprint density at radius 3 is 2.54 bits per heavy atom. The molecule has 1 atom stereocenters. The highest BCUT2D eigenvalue weighted by Crippen LogP contribution is 2.12. The molecular weight excluding hydrogens is 233 g/mol. The summed E-state index contributed by atoms with van der Waals surface area (Å²) in [7, 11) is 1.76. The first-order chi connectivity index (χ1) is 6.22. The third-order valence-corrected chi connectivity index (χ3v) is 2.32. The largest absolute Gasteiger partial charge is 0.317 e. The van der Waals surface area contributed by atoms with Crippen LogP contribution in [0.25, 0.3) is 0 Å². The van der Waals surface area contributed by atoms with Crippen LogP contribution in [-0.4, -0.2) is 19.8 Å². The Kier molecular flexibility index (Phi) is 4.39. The molecule has 1 aromatic rings. The van der Waals surface area contributed by atoms with Crippen molar-refractivity contribution in [3.05, 3.63) is 34.3 Å². The molecule has 1 nitrogen and oxygen atoms in total. The van der Waals surface area contributed by atoms with Crippen LogP contribution in [0.5, 0.6) is 0 Å². The Balaban J connectivity index is 2.49.